The van der Waals surface area contributed by atoms with Crippen molar-refractivity contribution in [1.82, 2.24) is 14.9 Å². The first kappa shape index (κ1) is 13.0. The lowest BCUT2D eigenvalue weighted by Crippen LogP contribution is -2.21. The number of nitrogens with two attached hydrogens (primary N) is 1. The second-order valence-corrected chi connectivity index (χ2v) is 5.37. The van der Waals surface area contributed by atoms with Crippen molar-refractivity contribution in [2.24, 2.45) is 0 Å². The summed E-state index contributed by atoms with van der Waals surface area (Å²) < 4.78 is 0. The number of anilines is 1. The van der Waals surface area contributed by atoms with E-state index in [1.54, 1.807) is 17.5 Å². The average molecular weight is 262 g/mol. The van der Waals surface area contributed by atoms with Crippen LogP contribution in [0.15, 0.2) is 23.8 Å². The third-order valence-electron chi connectivity index (χ3n) is 2.86. The number of hydrogen-bond donors (Lipinski definition) is 1. The largest absolute Gasteiger partial charge is 0.397 e. The van der Waals surface area contributed by atoms with E-state index in [2.05, 4.69) is 28.8 Å². The van der Waals surface area contributed by atoms with Crippen LogP contribution in [0.3, 0.4) is 0 Å². The normalized spacial score (nSPS) is 11.1. The zero-order valence-electron chi connectivity index (χ0n) is 10.8. The molecule has 2 N–H and O–H groups in total. The first-order valence-electron chi connectivity index (χ1n) is 5.93. The van der Waals surface area contributed by atoms with Crippen molar-refractivity contribution in [1.29, 1.82) is 0 Å². The molecule has 0 saturated carbocycles. The molecule has 0 spiro atoms. The number of thiazole rings is 1. The maximum Gasteiger partial charge on any atom is 0.0798 e. The van der Waals surface area contributed by atoms with Gasteiger partial charge in [-0.1, -0.05) is 0 Å². The summed E-state index contributed by atoms with van der Waals surface area (Å²) in [7, 11) is 2.12. The number of nitrogens with zero attached hydrogens (tertiary/aromatic N) is 3. The van der Waals surface area contributed by atoms with E-state index in [0.29, 0.717) is 5.69 Å². The summed E-state index contributed by atoms with van der Waals surface area (Å²) in [5.41, 5.74) is 10.4. The average Bonchev–Trinajstić information content (AvgIpc) is 2.74. The van der Waals surface area contributed by atoms with Gasteiger partial charge in [-0.2, -0.15) is 0 Å². The van der Waals surface area contributed by atoms with Crippen LogP contribution in [0.5, 0.6) is 0 Å². The molecule has 2 aromatic heterocycles. The molecule has 0 saturated heterocycles. The van der Waals surface area contributed by atoms with E-state index in [1.807, 2.05) is 17.6 Å². The molecule has 2 aromatic rings. The van der Waals surface area contributed by atoms with Gasteiger partial charge in [-0.3, -0.25) is 4.98 Å². The van der Waals surface area contributed by atoms with Crippen molar-refractivity contribution < 1.29 is 0 Å². The van der Waals surface area contributed by atoms with E-state index in [9.17, 15) is 0 Å². The minimum absolute atomic E-state index is 0.715. The molecule has 0 aromatic carbocycles. The molecule has 0 atom stereocenters. The van der Waals surface area contributed by atoms with Crippen LogP contribution in [-0.2, 0) is 13.0 Å². The number of aryl methyl sites for hydroxylation is 1. The van der Waals surface area contributed by atoms with E-state index in [0.717, 1.165) is 30.9 Å². The van der Waals surface area contributed by atoms with Crippen molar-refractivity contribution >= 4 is 17.0 Å². The van der Waals surface area contributed by atoms with E-state index in [4.69, 9.17) is 5.73 Å². The van der Waals surface area contributed by atoms with Crippen LogP contribution in [0.2, 0.25) is 0 Å². The van der Waals surface area contributed by atoms with Gasteiger partial charge in [0.25, 0.3) is 0 Å². The van der Waals surface area contributed by atoms with Crippen LogP contribution in [0.4, 0.5) is 5.69 Å². The smallest absolute Gasteiger partial charge is 0.0798 e. The highest BCUT2D eigenvalue weighted by Crippen LogP contribution is 2.14. The highest BCUT2D eigenvalue weighted by atomic mass is 32.1. The fourth-order valence-corrected chi connectivity index (χ4v) is 2.55. The number of likely N-dealkylation sites (N-methyl/N-ethyl adjacent to an activating group) is 1. The van der Waals surface area contributed by atoms with Gasteiger partial charge in [0.2, 0.25) is 0 Å². The number of nitrogen functional groups attached to an aromatic ring is 1. The zero-order chi connectivity index (χ0) is 13.0. The first-order chi connectivity index (χ1) is 8.65. The van der Waals surface area contributed by atoms with Gasteiger partial charge in [0.1, 0.15) is 0 Å². The van der Waals surface area contributed by atoms with Crippen molar-refractivity contribution in [2.75, 3.05) is 19.3 Å². The third-order valence-corrected chi connectivity index (χ3v) is 3.78. The van der Waals surface area contributed by atoms with Gasteiger partial charge in [0, 0.05) is 30.1 Å². The van der Waals surface area contributed by atoms with Gasteiger partial charge in [-0.05, 0) is 26.1 Å². The molecule has 0 radical (unpaired) electrons. The van der Waals surface area contributed by atoms with Crippen LogP contribution >= 0.6 is 11.3 Å². The lowest BCUT2D eigenvalue weighted by atomic mass is 10.2. The first-order valence-corrected chi connectivity index (χ1v) is 6.81. The molecular weight excluding hydrogens is 244 g/mol. The monoisotopic (exact) mass is 262 g/mol. The topological polar surface area (TPSA) is 55.0 Å². The fraction of sp³-hybridized carbons (Fsp3) is 0.385. The molecule has 0 amide bonds. The molecule has 5 heteroatoms. The summed E-state index contributed by atoms with van der Waals surface area (Å²) in [6.45, 7) is 3.99. The Balaban J connectivity index is 1.83. The quantitative estimate of drug-likeness (QED) is 0.896. The van der Waals surface area contributed by atoms with Gasteiger partial charge in [0.05, 0.1) is 23.1 Å². The Hall–Kier alpha value is -1.46. The maximum absolute atomic E-state index is 5.61. The second kappa shape index (κ2) is 5.93. The molecular formula is C13H18N4S. The number of pyridine rings is 1. The molecule has 2 rings (SSSR count). The summed E-state index contributed by atoms with van der Waals surface area (Å²) in [6.07, 6.45) is 2.65. The van der Waals surface area contributed by atoms with E-state index in [-0.39, 0.29) is 0 Å². The summed E-state index contributed by atoms with van der Waals surface area (Å²) in [5.74, 6) is 0. The number of aromatic nitrogens is 2. The predicted molar refractivity (Wildman–Crippen MR) is 75.5 cm³/mol. The Morgan fingerprint density at radius 1 is 1.33 bits per heavy atom. The van der Waals surface area contributed by atoms with Crippen molar-refractivity contribution in [3.8, 4) is 0 Å². The van der Waals surface area contributed by atoms with Crippen LogP contribution in [-0.4, -0.2) is 28.5 Å². The fourth-order valence-electron chi connectivity index (χ4n) is 1.69. The molecule has 18 heavy (non-hydrogen) atoms. The maximum atomic E-state index is 5.61. The SMILES string of the molecule is Cc1ncsc1CN(C)CCc1ccc(N)cn1. The summed E-state index contributed by atoms with van der Waals surface area (Å²) >= 11 is 1.72. The van der Waals surface area contributed by atoms with Gasteiger partial charge in [-0.15, -0.1) is 11.3 Å². The highest BCUT2D eigenvalue weighted by Gasteiger charge is 2.06. The molecule has 0 aliphatic carbocycles. The van der Waals surface area contributed by atoms with Crippen molar-refractivity contribution in [3.63, 3.8) is 0 Å². The molecule has 2 heterocycles. The van der Waals surface area contributed by atoms with Crippen LogP contribution in [0.1, 0.15) is 16.3 Å². The van der Waals surface area contributed by atoms with Crippen LogP contribution in [0, 0.1) is 6.92 Å². The predicted octanol–water partition coefficient (Wildman–Crippen LogP) is 2.10. The molecule has 0 fully saturated rings. The van der Waals surface area contributed by atoms with Crippen molar-refractivity contribution in [3.05, 3.63) is 40.1 Å². The number of rotatable bonds is 5. The van der Waals surface area contributed by atoms with Gasteiger partial charge < -0.3 is 10.6 Å². The second-order valence-electron chi connectivity index (χ2n) is 4.43. The standard InChI is InChI=1S/C13H18N4S/c1-10-13(18-9-16-10)8-17(2)6-5-12-4-3-11(14)7-15-12/h3-4,7,9H,5-6,8,14H2,1-2H3. The van der Waals surface area contributed by atoms with Crippen LogP contribution in [0.25, 0.3) is 0 Å². The minimum atomic E-state index is 0.715. The lowest BCUT2D eigenvalue weighted by molar-refractivity contribution is 0.332. The summed E-state index contributed by atoms with van der Waals surface area (Å²) in [5, 5.41) is 0. The Kier molecular flexibility index (Phi) is 4.28. The van der Waals surface area contributed by atoms with Gasteiger partial charge in [-0.25, -0.2) is 4.98 Å². The highest BCUT2D eigenvalue weighted by molar-refractivity contribution is 7.09. The van der Waals surface area contributed by atoms with E-state index >= 15 is 0 Å². The summed E-state index contributed by atoms with van der Waals surface area (Å²) in [6, 6.07) is 3.89. The van der Waals surface area contributed by atoms with E-state index < -0.39 is 0 Å². The Labute approximate surface area is 111 Å². The Bertz CT molecular complexity index is 492. The molecule has 0 unspecified atom stereocenters. The molecule has 0 aliphatic rings. The molecule has 4 nitrogen and oxygen atoms in total. The third kappa shape index (κ3) is 3.51. The Morgan fingerprint density at radius 2 is 2.17 bits per heavy atom. The van der Waals surface area contributed by atoms with Crippen molar-refractivity contribution in [2.45, 2.75) is 19.9 Å². The molecule has 96 valence electrons. The molecule has 0 aliphatic heterocycles. The Morgan fingerprint density at radius 3 is 2.78 bits per heavy atom. The minimum Gasteiger partial charge on any atom is -0.397 e. The summed E-state index contributed by atoms with van der Waals surface area (Å²) in [4.78, 5) is 12.2. The van der Waals surface area contributed by atoms with Gasteiger partial charge in [0.15, 0.2) is 0 Å². The van der Waals surface area contributed by atoms with E-state index in [1.165, 1.54) is 4.88 Å². The lowest BCUT2D eigenvalue weighted by Gasteiger charge is -2.15. The zero-order valence-corrected chi connectivity index (χ0v) is 11.6. The number of hydrogen-bond acceptors (Lipinski definition) is 5. The molecule has 0 bridgehead atoms. The van der Waals surface area contributed by atoms with Crippen LogP contribution < -0.4 is 5.73 Å². The van der Waals surface area contributed by atoms with Gasteiger partial charge >= 0.3 is 0 Å².